The molecule has 0 aliphatic heterocycles. The lowest BCUT2D eigenvalue weighted by molar-refractivity contribution is 0.416. The van der Waals surface area contributed by atoms with Crippen LogP contribution in [0.25, 0.3) is 0 Å². The van der Waals surface area contributed by atoms with Crippen LogP contribution in [0.3, 0.4) is 0 Å². The van der Waals surface area contributed by atoms with Gasteiger partial charge >= 0.3 is 0 Å². The minimum atomic E-state index is -0.274. The van der Waals surface area contributed by atoms with Gasteiger partial charge in [0, 0.05) is 11.6 Å². The van der Waals surface area contributed by atoms with E-state index < -0.39 is 0 Å². The molecule has 0 radical (unpaired) electrons. The summed E-state index contributed by atoms with van der Waals surface area (Å²) in [5.41, 5.74) is 1.76. The van der Waals surface area contributed by atoms with Crippen LogP contribution in [-0.4, -0.2) is 7.11 Å². The van der Waals surface area contributed by atoms with E-state index >= 15 is 0 Å². The van der Waals surface area contributed by atoms with Crippen molar-refractivity contribution in [1.82, 2.24) is 0 Å². The van der Waals surface area contributed by atoms with Crippen LogP contribution in [0, 0.1) is 5.82 Å². The zero-order valence-corrected chi connectivity index (χ0v) is 12.6. The zero-order valence-electron chi connectivity index (χ0n) is 10.2. The number of halogens is 3. The Balaban J connectivity index is 2.13. The van der Waals surface area contributed by atoms with Crippen molar-refractivity contribution in [2.75, 3.05) is 12.4 Å². The monoisotopic (exact) mass is 343 g/mol. The average Bonchev–Trinajstić information content (AvgIpc) is 2.40. The van der Waals surface area contributed by atoms with Crippen LogP contribution in [0.15, 0.2) is 40.9 Å². The molecule has 19 heavy (non-hydrogen) atoms. The van der Waals surface area contributed by atoms with E-state index in [2.05, 4.69) is 21.2 Å². The predicted octanol–water partition coefficient (Wildman–Crippen LogP) is 4.86. The molecule has 100 valence electrons. The third kappa shape index (κ3) is 3.61. The number of methoxy groups -OCH3 is 1. The minimum Gasteiger partial charge on any atom is -0.495 e. The fraction of sp³-hybridized carbons (Fsp3) is 0.143. The molecule has 0 amide bonds. The van der Waals surface area contributed by atoms with Crippen molar-refractivity contribution in [2.24, 2.45) is 0 Å². The molecular formula is C14H12BrClFNO. The summed E-state index contributed by atoms with van der Waals surface area (Å²) in [6, 6.07) is 10.2. The van der Waals surface area contributed by atoms with E-state index in [4.69, 9.17) is 16.3 Å². The lowest BCUT2D eigenvalue weighted by atomic mass is 10.2. The van der Waals surface area contributed by atoms with E-state index in [0.29, 0.717) is 21.8 Å². The number of benzene rings is 2. The molecule has 2 aromatic rings. The topological polar surface area (TPSA) is 21.3 Å². The van der Waals surface area contributed by atoms with Gasteiger partial charge in [-0.15, -0.1) is 0 Å². The molecule has 0 aliphatic carbocycles. The van der Waals surface area contributed by atoms with Crippen LogP contribution in [0.4, 0.5) is 10.1 Å². The van der Waals surface area contributed by atoms with Gasteiger partial charge in [-0.05, 0) is 51.8 Å². The van der Waals surface area contributed by atoms with E-state index in [9.17, 15) is 4.39 Å². The van der Waals surface area contributed by atoms with Crippen LogP contribution in [0.5, 0.6) is 5.75 Å². The smallest absolute Gasteiger partial charge is 0.142 e. The second-order valence-electron chi connectivity index (χ2n) is 3.95. The molecule has 0 fully saturated rings. The third-order valence-electron chi connectivity index (χ3n) is 2.63. The van der Waals surface area contributed by atoms with Crippen molar-refractivity contribution in [2.45, 2.75) is 6.54 Å². The Morgan fingerprint density at radius 2 is 2.05 bits per heavy atom. The lowest BCUT2D eigenvalue weighted by Gasteiger charge is -2.12. The van der Waals surface area contributed by atoms with Gasteiger partial charge in [0.1, 0.15) is 11.6 Å². The summed E-state index contributed by atoms with van der Waals surface area (Å²) in [5, 5.41) is 3.84. The number of rotatable bonds is 4. The maximum Gasteiger partial charge on any atom is 0.142 e. The van der Waals surface area contributed by atoms with Gasteiger partial charge in [0.15, 0.2) is 0 Å². The molecule has 2 aromatic carbocycles. The predicted molar refractivity (Wildman–Crippen MR) is 79.4 cm³/mol. The second-order valence-corrected chi connectivity index (χ2v) is 5.24. The van der Waals surface area contributed by atoms with Crippen LogP contribution in [0.2, 0.25) is 5.02 Å². The second kappa shape index (κ2) is 6.26. The number of hydrogen-bond donors (Lipinski definition) is 1. The van der Waals surface area contributed by atoms with Gasteiger partial charge in [-0.3, -0.25) is 0 Å². The summed E-state index contributed by atoms with van der Waals surface area (Å²) in [6.07, 6.45) is 0. The largest absolute Gasteiger partial charge is 0.495 e. The maximum atomic E-state index is 13.1. The molecule has 2 nitrogen and oxygen atoms in total. The van der Waals surface area contributed by atoms with Crippen LogP contribution < -0.4 is 10.1 Å². The Morgan fingerprint density at radius 1 is 1.26 bits per heavy atom. The Hall–Kier alpha value is -1.26. The molecule has 0 aromatic heterocycles. The zero-order chi connectivity index (χ0) is 13.8. The average molecular weight is 345 g/mol. The summed E-state index contributed by atoms with van der Waals surface area (Å²) in [6.45, 7) is 0.551. The van der Waals surface area contributed by atoms with E-state index in [0.717, 1.165) is 11.3 Å². The SMILES string of the molecule is COc1ccc(Cl)cc1NCc1ccc(F)c(Br)c1. The van der Waals surface area contributed by atoms with Crippen molar-refractivity contribution in [1.29, 1.82) is 0 Å². The highest BCUT2D eigenvalue weighted by molar-refractivity contribution is 9.10. The molecular weight excluding hydrogens is 333 g/mol. The van der Waals surface area contributed by atoms with E-state index in [1.165, 1.54) is 6.07 Å². The first kappa shape index (κ1) is 14.2. The molecule has 0 saturated carbocycles. The molecule has 0 bridgehead atoms. The molecule has 0 aliphatic rings. The summed E-state index contributed by atoms with van der Waals surface area (Å²) in [7, 11) is 1.60. The van der Waals surface area contributed by atoms with Gasteiger partial charge in [-0.2, -0.15) is 0 Å². The molecule has 2 rings (SSSR count). The minimum absolute atomic E-state index is 0.274. The first-order valence-corrected chi connectivity index (χ1v) is 6.78. The van der Waals surface area contributed by atoms with E-state index in [-0.39, 0.29) is 5.82 Å². The molecule has 1 N–H and O–H groups in total. The van der Waals surface area contributed by atoms with Gasteiger partial charge in [-0.1, -0.05) is 17.7 Å². The Bertz CT molecular complexity index is 592. The number of ether oxygens (including phenoxy) is 1. The Morgan fingerprint density at radius 3 is 2.74 bits per heavy atom. The number of anilines is 1. The summed E-state index contributed by atoms with van der Waals surface area (Å²) >= 11 is 9.11. The van der Waals surface area contributed by atoms with Gasteiger partial charge < -0.3 is 10.1 Å². The van der Waals surface area contributed by atoms with Crippen LogP contribution in [0.1, 0.15) is 5.56 Å². The Labute approximate surface area is 124 Å². The molecule has 0 saturated heterocycles. The number of nitrogens with one attached hydrogen (secondary N) is 1. The summed E-state index contributed by atoms with van der Waals surface area (Å²) in [4.78, 5) is 0. The van der Waals surface area contributed by atoms with Gasteiger partial charge in [0.2, 0.25) is 0 Å². The standard InChI is InChI=1S/C14H12BrClFNO/c1-19-14-5-3-10(16)7-13(14)18-8-9-2-4-12(17)11(15)6-9/h2-7,18H,8H2,1H3. The molecule has 5 heteroatoms. The number of hydrogen-bond acceptors (Lipinski definition) is 2. The van der Waals surface area contributed by atoms with Crippen LogP contribution in [-0.2, 0) is 6.54 Å². The van der Waals surface area contributed by atoms with Crippen molar-refractivity contribution in [3.05, 3.63) is 57.3 Å². The van der Waals surface area contributed by atoms with Crippen molar-refractivity contribution >= 4 is 33.2 Å². The highest BCUT2D eigenvalue weighted by Crippen LogP contribution is 2.28. The van der Waals surface area contributed by atoms with Gasteiger partial charge in [-0.25, -0.2) is 4.39 Å². The third-order valence-corrected chi connectivity index (χ3v) is 3.47. The van der Waals surface area contributed by atoms with Crippen molar-refractivity contribution < 1.29 is 9.13 Å². The normalized spacial score (nSPS) is 10.3. The lowest BCUT2D eigenvalue weighted by Crippen LogP contribution is -2.01. The van der Waals surface area contributed by atoms with Crippen molar-refractivity contribution in [3.8, 4) is 5.75 Å². The van der Waals surface area contributed by atoms with Crippen molar-refractivity contribution in [3.63, 3.8) is 0 Å². The Kier molecular flexibility index (Phi) is 4.66. The van der Waals surface area contributed by atoms with Gasteiger partial charge in [0.25, 0.3) is 0 Å². The maximum absolute atomic E-state index is 13.1. The van der Waals surface area contributed by atoms with Crippen LogP contribution >= 0.6 is 27.5 Å². The fourth-order valence-corrected chi connectivity index (χ4v) is 2.26. The molecule has 0 unspecified atom stereocenters. The van der Waals surface area contributed by atoms with E-state index in [1.54, 1.807) is 37.4 Å². The summed E-state index contributed by atoms with van der Waals surface area (Å²) < 4.78 is 18.8. The molecule has 0 spiro atoms. The van der Waals surface area contributed by atoms with Gasteiger partial charge in [0.05, 0.1) is 17.3 Å². The van der Waals surface area contributed by atoms with E-state index in [1.807, 2.05) is 0 Å². The fourth-order valence-electron chi connectivity index (χ4n) is 1.67. The first-order chi connectivity index (χ1) is 9.10. The molecule has 0 atom stereocenters. The summed E-state index contributed by atoms with van der Waals surface area (Å²) in [5.74, 6) is 0.440. The first-order valence-electron chi connectivity index (χ1n) is 5.61. The highest BCUT2D eigenvalue weighted by Gasteiger charge is 2.05. The molecule has 0 heterocycles. The highest BCUT2D eigenvalue weighted by atomic mass is 79.9. The quantitative estimate of drug-likeness (QED) is 0.855.